The number of halogens is 4. The molecule has 34 heavy (non-hydrogen) atoms. The van der Waals surface area contributed by atoms with E-state index in [9.17, 15) is 0 Å². The Morgan fingerprint density at radius 2 is 0.824 bits per heavy atom. The summed E-state index contributed by atoms with van der Waals surface area (Å²) in [7, 11) is 0. The van der Waals surface area contributed by atoms with Gasteiger partial charge in [-0.3, -0.25) is 0 Å². The fourth-order valence-corrected chi connectivity index (χ4v) is 6.74. The lowest BCUT2D eigenvalue weighted by molar-refractivity contribution is 1.61. The number of benzene rings is 5. The van der Waals surface area contributed by atoms with E-state index in [0.717, 1.165) is 61.7 Å². The van der Waals surface area contributed by atoms with Gasteiger partial charge in [-0.2, -0.15) is 0 Å². The van der Waals surface area contributed by atoms with Gasteiger partial charge in [0.05, 0.1) is 0 Å². The van der Waals surface area contributed by atoms with Crippen LogP contribution in [0.3, 0.4) is 0 Å². The summed E-state index contributed by atoms with van der Waals surface area (Å²) in [6.45, 7) is 0. The molecule has 0 radical (unpaired) electrons. The summed E-state index contributed by atoms with van der Waals surface area (Å²) < 4.78 is 3.89. The minimum absolute atomic E-state index is 0.959. The highest BCUT2D eigenvalue weighted by atomic mass is 79.9. The summed E-state index contributed by atoms with van der Waals surface area (Å²) >= 11 is 15.0. The predicted molar refractivity (Wildman–Crippen MR) is 157 cm³/mol. The summed E-state index contributed by atoms with van der Waals surface area (Å²) in [5.74, 6) is 13.7. The third-order valence-electron chi connectivity index (χ3n) is 5.36. The molecule has 0 saturated carbocycles. The van der Waals surface area contributed by atoms with Crippen LogP contribution in [0.2, 0.25) is 0 Å². The van der Waals surface area contributed by atoms with Gasteiger partial charge in [0.1, 0.15) is 0 Å². The number of rotatable bonds is 0. The summed E-state index contributed by atoms with van der Waals surface area (Å²) in [5.41, 5.74) is 3.86. The molecule has 0 heterocycles. The third kappa shape index (κ3) is 4.74. The van der Waals surface area contributed by atoms with Crippen LogP contribution in [0.25, 0.3) is 21.5 Å². The first-order chi connectivity index (χ1) is 16.5. The van der Waals surface area contributed by atoms with Gasteiger partial charge in [-0.15, -0.1) is 0 Å². The molecule has 0 saturated heterocycles. The predicted octanol–water partition coefficient (Wildman–Crippen LogP) is 9.84. The Bertz CT molecular complexity index is 1550. The van der Waals surface area contributed by atoms with Gasteiger partial charge in [0.2, 0.25) is 0 Å². The van der Waals surface area contributed by atoms with Crippen LogP contribution in [0.5, 0.6) is 0 Å². The van der Waals surface area contributed by atoms with Crippen LogP contribution in [0, 0.1) is 23.7 Å². The lowest BCUT2D eigenvalue weighted by Crippen LogP contribution is -1.93. The van der Waals surface area contributed by atoms with Gasteiger partial charge in [0, 0.05) is 61.7 Å². The van der Waals surface area contributed by atoms with Gasteiger partial charge >= 0.3 is 0 Å². The largest absolute Gasteiger partial charge is 0.0622 e. The van der Waals surface area contributed by atoms with Crippen molar-refractivity contribution in [3.63, 3.8) is 0 Å². The maximum Gasteiger partial charge on any atom is 0.0418 e. The molecule has 0 aliphatic rings. The summed E-state index contributed by atoms with van der Waals surface area (Å²) in [6.07, 6.45) is 0. The molecule has 0 bridgehead atoms. The lowest BCUT2D eigenvalue weighted by Gasteiger charge is -2.15. The van der Waals surface area contributed by atoms with Gasteiger partial charge in [-0.1, -0.05) is 124 Å². The molecule has 5 aromatic carbocycles. The molecule has 5 aromatic rings. The fourth-order valence-electron chi connectivity index (χ4n) is 3.89. The summed E-state index contributed by atoms with van der Waals surface area (Å²) in [6, 6.07) is 28.5. The van der Waals surface area contributed by atoms with Gasteiger partial charge in [0.15, 0.2) is 0 Å². The molecule has 0 aromatic heterocycles. The van der Waals surface area contributed by atoms with E-state index in [1.807, 2.05) is 60.7 Å². The molecule has 0 atom stereocenters. The summed E-state index contributed by atoms with van der Waals surface area (Å²) in [5, 5.41) is 4.16. The fraction of sp³-hybridized carbons (Fsp3) is 0. The first kappa shape index (κ1) is 23.4. The molecule has 5 rings (SSSR count). The van der Waals surface area contributed by atoms with Crippen LogP contribution in [0.4, 0.5) is 0 Å². The maximum atomic E-state index is 3.81. The van der Waals surface area contributed by atoms with Crippen LogP contribution in [-0.2, 0) is 0 Å². The van der Waals surface area contributed by atoms with E-state index in [4.69, 9.17) is 0 Å². The molecule has 0 unspecified atom stereocenters. The van der Waals surface area contributed by atoms with Crippen LogP contribution >= 0.6 is 63.7 Å². The van der Waals surface area contributed by atoms with E-state index >= 15 is 0 Å². The monoisotopic (exact) mass is 690 g/mol. The van der Waals surface area contributed by atoms with E-state index in [1.165, 1.54) is 0 Å². The van der Waals surface area contributed by atoms with Crippen molar-refractivity contribution < 1.29 is 0 Å². The second-order valence-corrected chi connectivity index (χ2v) is 11.1. The zero-order valence-electron chi connectivity index (χ0n) is 17.6. The Hall–Kier alpha value is -2.34. The van der Waals surface area contributed by atoms with E-state index < -0.39 is 0 Å². The number of fused-ring (bicyclic) bond motifs is 2. The topological polar surface area (TPSA) is 0 Å². The first-order valence-electron chi connectivity index (χ1n) is 10.4. The molecule has 0 spiro atoms. The number of hydrogen-bond acceptors (Lipinski definition) is 0. The van der Waals surface area contributed by atoms with Gasteiger partial charge in [-0.25, -0.2) is 0 Å². The smallest absolute Gasteiger partial charge is 0.0418 e. The Morgan fingerprint density at radius 3 is 1.21 bits per heavy atom. The van der Waals surface area contributed by atoms with Gasteiger partial charge in [0.25, 0.3) is 0 Å². The molecule has 4 heteroatoms. The minimum atomic E-state index is 0.959. The van der Waals surface area contributed by atoms with Crippen molar-refractivity contribution in [2.75, 3.05) is 0 Å². The maximum absolute atomic E-state index is 3.81. The molecule has 0 fully saturated rings. The standard InChI is InChI=1S/C30H14Br4/c31-21-15-25-23(13-11-19-7-3-1-4-8-19)29-26(16-22(32)17-27(29)33)24(30(25)28(34)18-21)14-12-20-9-5-2-6-10-20/h1-10,15-18H. The van der Waals surface area contributed by atoms with Crippen LogP contribution in [-0.4, -0.2) is 0 Å². The molecule has 0 aliphatic heterocycles. The average molecular weight is 694 g/mol. The zero-order chi connectivity index (χ0) is 23.7. The van der Waals surface area contributed by atoms with Crippen molar-refractivity contribution in [1.82, 2.24) is 0 Å². The SMILES string of the molecule is Brc1cc(Br)c2c(C#Cc3ccccc3)c3cc(Br)cc(Br)c3c(C#Cc3ccccc3)c2c1. The van der Waals surface area contributed by atoms with Crippen molar-refractivity contribution in [3.8, 4) is 23.7 Å². The minimum Gasteiger partial charge on any atom is -0.0622 e. The Labute approximate surface area is 232 Å². The lowest BCUT2D eigenvalue weighted by atomic mass is 9.91. The molecule has 0 N–H and O–H groups in total. The Morgan fingerprint density at radius 1 is 0.441 bits per heavy atom. The highest BCUT2D eigenvalue weighted by molar-refractivity contribution is 9.11. The number of hydrogen-bond donors (Lipinski definition) is 0. The highest BCUT2D eigenvalue weighted by Crippen LogP contribution is 2.42. The van der Waals surface area contributed by atoms with E-state index in [0.29, 0.717) is 0 Å². The van der Waals surface area contributed by atoms with Crippen LogP contribution < -0.4 is 0 Å². The zero-order valence-corrected chi connectivity index (χ0v) is 23.9. The molecular formula is C30H14Br4. The van der Waals surface area contributed by atoms with Gasteiger partial charge in [-0.05, 0) is 48.5 Å². The van der Waals surface area contributed by atoms with E-state index in [-0.39, 0.29) is 0 Å². The van der Waals surface area contributed by atoms with Crippen molar-refractivity contribution in [2.24, 2.45) is 0 Å². The third-order valence-corrected chi connectivity index (χ3v) is 7.53. The average Bonchev–Trinajstić information content (AvgIpc) is 2.82. The van der Waals surface area contributed by atoms with Crippen LogP contribution in [0.1, 0.15) is 22.3 Å². The molecule has 0 nitrogen and oxygen atoms in total. The second-order valence-electron chi connectivity index (χ2n) is 7.60. The second kappa shape index (κ2) is 10.1. The molecule has 0 amide bonds. The Balaban J connectivity index is 1.93. The highest BCUT2D eigenvalue weighted by Gasteiger charge is 2.18. The van der Waals surface area contributed by atoms with Crippen molar-refractivity contribution in [2.45, 2.75) is 0 Å². The van der Waals surface area contributed by atoms with E-state index in [2.05, 4.69) is 112 Å². The normalized spacial score (nSPS) is 10.5. The van der Waals surface area contributed by atoms with Crippen molar-refractivity contribution in [3.05, 3.63) is 125 Å². The Kier molecular flexibility index (Phi) is 6.96. The van der Waals surface area contributed by atoms with Crippen molar-refractivity contribution >= 4 is 85.3 Å². The molecular weight excluding hydrogens is 680 g/mol. The molecule has 162 valence electrons. The van der Waals surface area contributed by atoms with Crippen LogP contribution in [0.15, 0.2) is 103 Å². The van der Waals surface area contributed by atoms with Crippen molar-refractivity contribution in [1.29, 1.82) is 0 Å². The van der Waals surface area contributed by atoms with E-state index in [1.54, 1.807) is 0 Å². The first-order valence-corrected chi connectivity index (χ1v) is 13.6. The summed E-state index contributed by atoms with van der Waals surface area (Å²) in [4.78, 5) is 0. The quantitative estimate of drug-likeness (QED) is 0.112. The van der Waals surface area contributed by atoms with Gasteiger partial charge < -0.3 is 0 Å². The molecule has 0 aliphatic carbocycles.